The third-order valence-electron chi connectivity index (χ3n) is 11.3. The smallest absolute Gasteiger partial charge is 0.242 e. The number of nitrogens with zero attached hydrogens (tertiary/aromatic N) is 4. The van der Waals surface area contributed by atoms with E-state index in [4.69, 9.17) is 21.4 Å². The summed E-state index contributed by atoms with van der Waals surface area (Å²) in [5.41, 5.74) is 1.96. The number of aromatic hydroxyl groups is 1. The molecule has 2 saturated heterocycles. The number of benzene rings is 2. The number of methoxy groups -OCH3 is 1. The van der Waals surface area contributed by atoms with Crippen molar-refractivity contribution in [1.29, 1.82) is 0 Å². The minimum Gasteiger partial charge on any atom is -0.504 e. The van der Waals surface area contributed by atoms with Gasteiger partial charge in [-0.2, -0.15) is 5.10 Å². The molecule has 3 fully saturated rings. The number of thiophene rings is 1. The van der Waals surface area contributed by atoms with Gasteiger partial charge in [-0.1, -0.05) is 23.3 Å². The van der Waals surface area contributed by atoms with E-state index in [1.54, 1.807) is 35.2 Å². The van der Waals surface area contributed by atoms with Crippen molar-refractivity contribution < 1.29 is 29.0 Å². The van der Waals surface area contributed by atoms with E-state index in [1.165, 1.54) is 24.0 Å². The van der Waals surface area contributed by atoms with Gasteiger partial charge < -0.3 is 9.84 Å². The Bertz CT molecular complexity index is 2210. The molecule has 4 amide bonds. The first-order valence-electron chi connectivity index (χ1n) is 16.0. The number of amides is 4. The summed E-state index contributed by atoms with van der Waals surface area (Å²) in [6.07, 6.45) is 2.63. The van der Waals surface area contributed by atoms with E-state index in [9.17, 15) is 24.3 Å². The summed E-state index contributed by atoms with van der Waals surface area (Å²) in [6.45, 7) is 3.84. The Morgan fingerprint density at radius 2 is 1.82 bits per heavy atom. The number of imide groups is 2. The molecule has 10 nitrogen and oxygen atoms in total. The van der Waals surface area contributed by atoms with Crippen LogP contribution in [0, 0.1) is 39.6 Å². The zero-order chi connectivity index (χ0) is 34.8. The molecule has 0 spiro atoms. The first-order chi connectivity index (χ1) is 23.3. The highest BCUT2D eigenvalue weighted by Gasteiger charge is 2.67. The highest BCUT2D eigenvalue weighted by atomic mass is 127. The number of ether oxygens (including phenoxy) is 1. The molecule has 252 valence electrons. The SMILES string of the molecule is COc1cc([C@H]2C3=CC[C@@H]4C(=O)N(C)C(=O)[C@@H]4[C@@H]3C[C@H]3C(=O)N(c4cc(-c5sc6ccc(Cl)cc6c5C)nn4C)C(=O)[C@@]23C)cc(I)c1O. The van der Waals surface area contributed by atoms with Gasteiger partial charge in [0.05, 0.1) is 38.7 Å². The van der Waals surface area contributed by atoms with Crippen LogP contribution in [-0.2, 0) is 26.2 Å². The van der Waals surface area contributed by atoms with Crippen LogP contribution >= 0.6 is 45.5 Å². The van der Waals surface area contributed by atoms with Crippen LogP contribution in [0.1, 0.15) is 36.8 Å². The number of carbonyl (C=O) groups is 4. The zero-order valence-electron chi connectivity index (χ0n) is 27.3. The van der Waals surface area contributed by atoms with Crippen LogP contribution in [0.5, 0.6) is 11.5 Å². The van der Waals surface area contributed by atoms with Crippen molar-refractivity contribution in [2.45, 2.75) is 32.6 Å². The van der Waals surface area contributed by atoms with E-state index in [1.807, 2.05) is 66.8 Å². The average Bonchev–Trinajstić information content (AvgIpc) is 3.73. The Hall–Kier alpha value is -3.75. The molecular weight excluding hydrogens is 779 g/mol. The number of carbonyl (C=O) groups excluding carboxylic acids is 4. The number of rotatable bonds is 4. The first-order valence-corrected chi connectivity index (χ1v) is 18.2. The lowest BCUT2D eigenvalue weighted by molar-refractivity contribution is -0.138. The fraction of sp³-hybridized carbons (Fsp3) is 0.361. The van der Waals surface area contributed by atoms with Crippen molar-refractivity contribution in [3.05, 3.63) is 67.8 Å². The van der Waals surface area contributed by atoms with Crippen LogP contribution in [0.4, 0.5) is 5.82 Å². The second-order valence-corrected chi connectivity index (χ2v) is 16.3. The number of hydrogen-bond acceptors (Lipinski definition) is 8. The van der Waals surface area contributed by atoms with Crippen molar-refractivity contribution in [2.75, 3.05) is 19.1 Å². The van der Waals surface area contributed by atoms with Gasteiger partial charge in [0.1, 0.15) is 11.5 Å². The number of phenolic OH excluding ortho intramolecular Hbond substituents is 1. The largest absolute Gasteiger partial charge is 0.504 e. The van der Waals surface area contributed by atoms with E-state index in [-0.39, 0.29) is 41.5 Å². The third kappa shape index (κ3) is 4.38. The number of anilines is 1. The molecule has 1 saturated carbocycles. The molecule has 2 aliphatic carbocycles. The van der Waals surface area contributed by atoms with Crippen molar-refractivity contribution >= 4 is 85.1 Å². The first kappa shape index (κ1) is 32.5. The van der Waals surface area contributed by atoms with Crippen LogP contribution in [0.25, 0.3) is 20.7 Å². The maximum absolute atomic E-state index is 15.0. The molecule has 6 atom stereocenters. The lowest BCUT2D eigenvalue weighted by atomic mass is 9.51. The summed E-state index contributed by atoms with van der Waals surface area (Å²) in [5, 5.41) is 17.2. The van der Waals surface area contributed by atoms with Gasteiger partial charge in [-0.25, -0.2) is 4.90 Å². The number of likely N-dealkylation sites (tertiary alicyclic amines) is 1. The summed E-state index contributed by atoms with van der Waals surface area (Å²) in [7, 11) is 4.70. The number of halogens is 2. The molecule has 4 heterocycles. The van der Waals surface area contributed by atoms with E-state index in [0.717, 1.165) is 26.1 Å². The van der Waals surface area contributed by atoms with Crippen LogP contribution < -0.4 is 9.64 Å². The normalized spacial score (nSPS) is 27.9. The Labute approximate surface area is 304 Å². The summed E-state index contributed by atoms with van der Waals surface area (Å²) >= 11 is 9.90. The fourth-order valence-electron chi connectivity index (χ4n) is 8.90. The molecule has 4 aromatic rings. The highest BCUT2D eigenvalue weighted by molar-refractivity contribution is 14.1. The van der Waals surface area contributed by atoms with Crippen LogP contribution in [0.3, 0.4) is 0 Å². The third-order valence-corrected chi connectivity index (χ3v) is 13.7. The van der Waals surface area contributed by atoms with Crippen LogP contribution in [-0.4, -0.2) is 57.6 Å². The quantitative estimate of drug-likeness (QED) is 0.143. The minimum absolute atomic E-state index is 0.0199. The predicted molar refractivity (Wildman–Crippen MR) is 194 cm³/mol. The van der Waals surface area contributed by atoms with E-state index < -0.39 is 35.0 Å². The van der Waals surface area contributed by atoms with Crippen molar-refractivity contribution in [2.24, 2.45) is 36.1 Å². The van der Waals surface area contributed by atoms with E-state index in [2.05, 4.69) is 0 Å². The molecule has 8 rings (SSSR count). The molecule has 4 aliphatic rings. The van der Waals surface area contributed by atoms with E-state index in [0.29, 0.717) is 32.1 Å². The topological polar surface area (TPSA) is 122 Å². The van der Waals surface area contributed by atoms with Gasteiger partial charge in [-0.3, -0.25) is 28.8 Å². The molecular formula is C36H32ClIN4O6S. The zero-order valence-corrected chi connectivity index (χ0v) is 31.0. The Morgan fingerprint density at radius 3 is 2.55 bits per heavy atom. The molecule has 0 unspecified atom stereocenters. The maximum Gasteiger partial charge on any atom is 0.242 e. The highest BCUT2D eigenvalue weighted by Crippen LogP contribution is 2.64. The number of aryl methyl sites for hydroxylation is 2. The summed E-state index contributed by atoms with van der Waals surface area (Å²) < 4.78 is 8.68. The van der Waals surface area contributed by atoms with Gasteiger partial charge in [-0.15, -0.1) is 11.3 Å². The van der Waals surface area contributed by atoms with Crippen LogP contribution in [0.2, 0.25) is 5.02 Å². The Kier molecular flexibility index (Phi) is 7.37. The summed E-state index contributed by atoms with van der Waals surface area (Å²) in [5.74, 6) is -3.58. The standard InChI is InChI=1S/C36H32ClIN4O6S/c1-15-20-12-17(37)6-9-26(20)49-31(15)24-14-27(41(4)39-24)42-33(45)22-13-21-18(7-8-19-28(21)34(46)40(3)32(19)44)29(36(22,2)35(42)47)16-10-23(38)30(43)25(11-16)48-5/h6-7,9-12,14,19,21-22,28-29,43H,8,13H2,1-5H3/t19-,21+,22-,28-,29-,36+/m0/s1. The van der Waals surface area contributed by atoms with Gasteiger partial charge in [0, 0.05) is 35.8 Å². The molecule has 49 heavy (non-hydrogen) atoms. The van der Waals surface area contributed by atoms with Crippen molar-refractivity contribution in [3.8, 4) is 22.1 Å². The maximum atomic E-state index is 15.0. The molecule has 2 aromatic carbocycles. The summed E-state index contributed by atoms with van der Waals surface area (Å²) in [6, 6.07) is 11.1. The van der Waals surface area contributed by atoms with Crippen molar-refractivity contribution in [3.63, 3.8) is 0 Å². The number of hydrogen-bond donors (Lipinski definition) is 1. The van der Waals surface area contributed by atoms with Crippen molar-refractivity contribution in [1.82, 2.24) is 14.7 Å². The minimum atomic E-state index is -1.25. The van der Waals surface area contributed by atoms with Gasteiger partial charge >= 0.3 is 0 Å². The Morgan fingerprint density at radius 1 is 1.06 bits per heavy atom. The van der Waals surface area contributed by atoms with Gasteiger partial charge in [0.15, 0.2) is 11.5 Å². The van der Waals surface area contributed by atoms with Crippen LogP contribution in [0.15, 0.2) is 48.0 Å². The number of fused-ring (bicyclic) bond motifs is 5. The lowest BCUT2D eigenvalue weighted by Gasteiger charge is -2.49. The molecule has 0 radical (unpaired) electrons. The lowest BCUT2D eigenvalue weighted by Crippen LogP contribution is -2.48. The van der Waals surface area contributed by atoms with Gasteiger partial charge in [0.25, 0.3) is 0 Å². The number of aromatic nitrogens is 2. The monoisotopic (exact) mass is 810 g/mol. The fourth-order valence-corrected chi connectivity index (χ4v) is 10.8. The predicted octanol–water partition coefficient (Wildman–Crippen LogP) is 6.44. The molecule has 2 aromatic heterocycles. The Balaban J connectivity index is 1.28. The number of phenols is 1. The summed E-state index contributed by atoms with van der Waals surface area (Å²) in [4.78, 5) is 59.8. The molecule has 13 heteroatoms. The van der Waals surface area contributed by atoms with Gasteiger partial charge in [-0.05, 0) is 102 Å². The second-order valence-electron chi connectivity index (χ2n) is 13.7. The van der Waals surface area contributed by atoms with Gasteiger partial charge in [0.2, 0.25) is 23.6 Å². The molecule has 2 aliphatic heterocycles. The average molecular weight is 811 g/mol. The van der Waals surface area contributed by atoms with E-state index >= 15 is 0 Å². The molecule has 0 bridgehead atoms. The second kappa shape index (κ2) is 11.1. The molecule has 1 N–H and O–H groups in total. The number of allylic oxidation sites excluding steroid dienone is 2.